The maximum Gasteiger partial charge on any atom is 0.252 e. The Kier molecular flexibility index (Phi) is 5.56. The zero-order valence-electron chi connectivity index (χ0n) is 11.9. The molecule has 21 heavy (non-hydrogen) atoms. The van der Waals surface area contributed by atoms with Gasteiger partial charge in [0.25, 0.3) is 5.91 Å². The van der Waals surface area contributed by atoms with Crippen LogP contribution in [-0.2, 0) is 4.74 Å². The zero-order valence-corrected chi connectivity index (χ0v) is 12.6. The maximum atomic E-state index is 13.3. The molecule has 2 rings (SSSR count). The van der Waals surface area contributed by atoms with Crippen LogP contribution in [0.5, 0.6) is 0 Å². The number of hydrogen-bond donors (Lipinski definition) is 2. The van der Waals surface area contributed by atoms with Crippen molar-refractivity contribution in [3.05, 3.63) is 34.1 Å². The molecular formula is C15H19ClFNO3. The van der Waals surface area contributed by atoms with Gasteiger partial charge in [-0.2, -0.15) is 0 Å². The maximum absolute atomic E-state index is 13.3. The first-order valence-corrected chi connectivity index (χ1v) is 7.35. The monoisotopic (exact) mass is 315 g/mol. The minimum absolute atomic E-state index is 0.0510. The highest BCUT2D eigenvalue weighted by Gasteiger charge is 2.21. The van der Waals surface area contributed by atoms with Crippen LogP contribution in [0.25, 0.3) is 0 Å². The zero-order chi connectivity index (χ0) is 15.4. The molecule has 1 atom stereocenters. The second-order valence-electron chi connectivity index (χ2n) is 5.43. The molecule has 1 saturated carbocycles. The van der Waals surface area contributed by atoms with E-state index >= 15 is 0 Å². The SMILES string of the molecule is Cc1cc(C(=O)NCC(O)COCC2CC2)c(Cl)cc1F. The molecule has 1 aliphatic carbocycles. The molecule has 1 aromatic rings. The summed E-state index contributed by atoms with van der Waals surface area (Å²) in [5.74, 6) is -0.262. The molecule has 2 N–H and O–H groups in total. The highest BCUT2D eigenvalue weighted by Crippen LogP contribution is 2.28. The normalized spacial score (nSPS) is 15.8. The van der Waals surface area contributed by atoms with Crippen LogP contribution in [0.3, 0.4) is 0 Å². The molecule has 4 nitrogen and oxygen atoms in total. The van der Waals surface area contributed by atoms with Crippen molar-refractivity contribution < 1.29 is 19.0 Å². The lowest BCUT2D eigenvalue weighted by Crippen LogP contribution is -2.34. The molecule has 1 aliphatic rings. The van der Waals surface area contributed by atoms with Crippen molar-refractivity contribution in [2.75, 3.05) is 19.8 Å². The van der Waals surface area contributed by atoms with Crippen molar-refractivity contribution >= 4 is 17.5 Å². The van der Waals surface area contributed by atoms with Crippen molar-refractivity contribution in [3.63, 3.8) is 0 Å². The first-order chi connectivity index (χ1) is 9.97. The number of aliphatic hydroxyl groups excluding tert-OH is 1. The number of amides is 1. The number of ether oxygens (including phenoxy) is 1. The van der Waals surface area contributed by atoms with Gasteiger partial charge in [-0.15, -0.1) is 0 Å². The lowest BCUT2D eigenvalue weighted by molar-refractivity contribution is 0.0320. The van der Waals surface area contributed by atoms with E-state index in [4.69, 9.17) is 16.3 Å². The Bertz CT molecular complexity index is 520. The third-order valence-corrected chi connectivity index (χ3v) is 3.66. The summed E-state index contributed by atoms with van der Waals surface area (Å²) in [6.07, 6.45) is 1.61. The molecule has 0 saturated heterocycles. The number of carbonyl (C=O) groups excluding carboxylic acids is 1. The van der Waals surface area contributed by atoms with Gasteiger partial charge in [-0.1, -0.05) is 11.6 Å². The van der Waals surface area contributed by atoms with Gasteiger partial charge in [0, 0.05) is 13.2 Å². The molecule has 1 unspecified atom stereocenters. The van der Waals surface area contributed by atoms with E-state index in [2.05, 4.69) is 5.32 Å². The average molecular weight is 316 g/mol. The number of aryl methyl sites for hydroxylation is 1. The smallest absolute Gasteiger partial charge is 0.252 e. The van der Waals surface area contributed by atoms with Gasteiger partial charge in [0.05, 0.1) is 23.3 Å². The first kappa shape index (κ1) is 16.2. The summed E-state index contributed by atoms with van der Waals surface area (Å²) in [5, 5.41) is 12.3. The van der Waals surface area contributed by atoms with Gasteiger partial charge in [-0.25, -0.2) is 4.39 Å². The molecule has 1 fully saturated rings. The van der Waals surface area contributed by atoms with E-state index in [-0.39, 0.29) is 23.7 Å². The van der Waals surface area contributed by atoms with Crippen LogP contribution in [0.1, 0.15) is 28.8 Å². The fourth-order valence-corrected chi connectivity index (χ4v) is 2.09. The molecule has 1 aromatic carbocycles. The van der Waals surface area contributed by atoms with Gasteiger partial charge in [-0.05, 0) is 43.4 Å². The van der Waals surface area contributed by atoms with Crippen LogP contribution in [0.4, 0.5) is 4.39 Å². The Morgan fingerprint density at radius 1 is 1.57 bits per heavy atom. The Morgan fingerprint density at radius 2 is 2.29 bits per heavy atom. The van der Waals surface area contributed by atoms with Crippen molar-refractivity contribution in [1.29, 1.82) is 0 Å². The molecule has 0 bridgehead atoms. The summed E-state index contributed by atoms with van der Waals surface area (Å²) in [5.41, 5.74) is 0.541. The minimum Gasteiger partial charge on any atom is -0.389 e. The van der Waals surface area contributed by atoms with Gasteiger partial charge in [0.15, 0.2) is 0 Å². The van der Waals surface area contributed by atoms with Crippen molar-refractivity contribution in [2.24, 2.45) is 5.92 Å². The van der Waals surface area contributed by atoms with E-state index < -0.39 is 17.8 Å². The molecule has 0 spiro atoms. The molecule has 116 valence electrons. The van der Waals surface area contributed by atoms with Gasteiger partial charge >= 0.3 is 0 Å². The molecule has 0 aromatic heterocycles. The Balaban J connectivity index is 1.79. The van der Waals surface area contributed by atoms with E-state index in [1.54, 1.807) is 6.92 Å². The summed E-state index contributed by atoms with van der Waals surface area (Å²) < 4.78 is 18.6. The highest BCUT2D eigenvalue weighted by atomic mass is 35.5. The summed E-state index contributed by atoms with van der Waals surface area (Å²) in [6, 6.07) is 2.50. The van der Waals surface area contributed by atoms with E-state index in [0.717, 1.165) is 6.07 Å². The topological polar surface area (TPSA) is 58.6 Å². The lowest BCUT2D eigenvalue weighted by Gasteiger charge is -2.13. The predicted molar refractivity (Wildman–Crippen MR) is 78.0 cm³/mol. The average Bonchev–Trinajstić information content (AvgIpc) is 3.24. The standard InChI is InChI=1S/C15H19ClFNO3/c1-9-4-12(13(16)5-14(9)17)15(20)18-6-11(19)8-21-7-10-2-3-10/h4-5,10-11,19H,2-3,6-8H2,1H3,(H,18,20). The second-order valence-corrected chi connectivity index (χ2v) is 5.83. The van der Waals surface area contributed by atoms with Crippen LogP contribution in [0.2, 0.25) is 5.02 Å². The number of nitrogens with one attached hydrogen (secondary N) is 1. The number of hydrogen-bond acceptors (Lipinski definition) is 3. The van der Waals surface area contributed by atoms with Crippen LogP contribution in [-0.4, -0.2) is 36.9 Å². The van der Waals surface area contributed by atoms with Gasteiger partial charge < -0.3 is 15.2 Å². The predicted octanol–water partition coefficient (Wildman–Crippen LogP) is 2.30. The van der Waals surface area contributed by atoms with Crippen LogP contribution < -0.4 is 5.32 Å². The molecular weight excluding hydrogens is 297 g/mol. The molecule has 0 heterocycles. The van der Waals surface area contributed by atoms with Crippen LogP contribution >= 0.6 is 11.6 Å². The molecule has 0 radical (unpaired) electrons. The number of carbonyl (C=O) groups is 1. The van der Waals surface area contributed by atoms with E-state index in [9.17, 15) is 14.3 Å². The molecule has 0 aliphatic heterocycles. The van der Waals surface area contributed by atoms with Crippen molar-refractivity contribution in [1.82, 2.24) is 5.32 Å². The fraction of sp³-hybridized carbons (Fsp3) is 0.533. The molecule has 1 amide bonds. The third kappa shape index (κ3) is 4.95. The Hall–Kier alpha value is -1.17. The first-order valence-electron chi connectivity index (χ1n) is 6.97. The van der Waals surface area contributed by atoms with Gasteiger partial charge in [-0.3, -0.25) is 4.79 Å². The minimum atomic E-state index is -0.770. The van der Waals surface area contributed by atoms with E-state index in [1.165, 1.54) is 18.9 Å². The Morgan fingerprint density at radius 3 is 2.95 bits per heavy atom. The number of benzene rings is 1. The van der Waals surface area contributed by atoms with Gasteiger partial charge in [0.2, 0.25) is 0 Å². The Labute approximate surface area is 128 Å². The summed E-state index contributed by atoms with van der Waals surface area (Å²) in [4.78, 5) is 12.0. The van der Waals surface area contributed by atoms with Crippen LogP contribution in [0, 0.1) is 18.7 Å². The largest absolute Gasteiger partial charge is 0.389 e. The van der Waals surface area contributed by atoms with E-state index in [0.29, 0.717) is 18.1 Å². The summed E-state index contributed by atoms with van der Waals surface area (Å²) in [6.45, 7) is 2.47. The number of aliphatic hydroxyl groups is 1. The quantitative estimate of drug-likeness (QED) is 0.812. The lowest BCUT2D eigenvalue weighted by atomic mass is 10.1. The summed E-state index contributed by atoms with van der Waals surface area (Å²) >= 11 is 5.85. The molecule has 6 heteroatoms. The third-order valence-electron chi connectivity index (χ3n) is 3.35. The highest BCUT2D eigenvalue weighted by molar-refractivity contribution is 6.33. The van der Waals surface area contributed by atoms with Crippen molar-refractivity contribution in [2.45, 2.75) is 25.9 Å². The van der Waals surface area contributed by atoms with Crippen molar-refractivity contribution in [3.8, 4) is 0 Å². The second kappa shape index (κ2) is 7.20. The number of rotatable bonds is 7. The van der Waals surface area contributed by atoms with Crippen LogP contribution in [0.15, 0.2) is 12.1 Å². The fourth-order valence-electron chi connectivity index (χ4n) is 1.85. The van der Waals surface area contributed by atoms with Gasteiger partial charge in [0.1, 0.15) is 5.82 Å². The summed E-state index contributed by atoms with van der Waals surface area (Å²) in [7, 11) is 0. The number of halogens is 2. The van der Waals surface area contributed by atoms with E-state index in [1.807, 2.05) is 0 Å².